The Labute approximate surface area is 167 Å². The number of benzene rings is 2. The normalized spacial score (nSPS) is 16.4. The minimum Gasteiger partial charge on any atom is -0.485 e. The molecule has 1 unspecified atom stereocenters. The van der Waals surface area contributed by atoms with Crippen molar-refractivity contribution in [2.24, 2.45) is 0 Å². The van der Waals surface area contributed by atoms with Crippen molar-refractivity contribution in [2.75, 3.05) is 6.61 Å². The van der Waals surface area contributed by atoms with E-state index in [1.807, 2.05) is 0 Å². The van der Waals surface area contributed by atoms with Gasteiger partial charge in [-0.25, -0.2) is 0 Å². The standard InChI is InChI=1S/C19H14F3NO5S/c20-19(21,22)28-14-7-3-12(4-8-14)15(24)10-27-13-5-1-11(2-6-13)9-16-17(25)23-18(26)29-16/h1-8,16H,9-10H2,(H,23,25,26). The third-order valence-corrected chi connectivity index (χ3v) is 4.87. The lowest BCUT2D eigenvalue weighted by Gasteiger charge is -2.10. The summed E-state index contributed by atoms with van der Waals surface area (Å²) >= 11 is 0.942. The number of hydrogen-bond donors (Lipinski definition) is 1. The number of nitrogens with one attached hydrogen (secondary N) is 1. The Morgan fingerprint density at radius 1 is 1.00 bits per heavy atom. The molecule has 2 aromatic rings. The van der Waals surface area contributed by atoms with Crippen molar-refractivity contribution >= 4 is 28.7 Å². The van der Waals surface area contributed by atoms with Crippen molar-refractivity contribution in [1.29, 1.82) is 0 Å². The zero-order valence-corrected chi connectivity index (χ0v) is 15.5. The van der Waals surface area contributed by atoms with Crippen LogP contribution < -0.4 is 14.8 Å². The van der Waals surface area contributed by atoms with Gasteiger partial charge in [-0.1, -0.05) is 23.9 Å². The highest BCUT2D eigenvalue weighted by Gasteiger charge is 2.32. The third kappa shape index (κ3) is 5.98. The molecule has 0 saturated carbocycles. The number of ether oxygens (including phenoxy) is 2. The van der Waals surface area contributed by atoms with E-state index < -0.39 is 23.1 Å². The van der Waals surface area contributed by atoms with Gasteiger partial charge in [-0.3, -0.25) is 19.7 Å². The maximum atomic E-state index is 12.1. The van der Waals surface area contributed by atoms with Gasteiger partial charge in [-0.2, -0.15) is 0 Å². The van der Waals surface area contributed by atoms with E-state index in [0.717, 1.165) is 29.5 Å². The van der Waals surface area contributed by atoms with Crippen LogP contribution in [0.5, 0.6) is 11.5 Å². The molecule has 152 valence electrons. The fourth-order valence-electron chi connectivity index (χ4n) is 2.54. The van der Waals surface area contributed by atoms with Crippen LogP contribution in [0.2, 0.25) is 0 Å². The molecule has 1 atom stereocenters. The van der Waals surface area contributed by atoms with Crippen molar-refractivity contribution in [3.8, 4) is 11.5 Å². The summed E-state index contributed by atoms with van der Waals surface area (Å²) in [4.78, 5) is 34.9. The van der Waals surface area contributed by atoms with Gasteiger partial charge in [-0.15, -0.1) is 13.2 Å². The van der Waals surface area contributed by atoms with Crippen molar-refractivity contribution in [3.63, 3.8) is 0 Å². The molecule has 10 heteroatoms. The number of halogens is 3. The summed E-state index contributed by atoms with van der Waals surface area (Å²) in [6.45, 7) is -0.297. The van der Waals surface area contributed by atoms with Gasteiger partial charge < -0.3 is 9.47 Å². The molecule has 1 heterocycles. The van der Waals surface area contributed by atoms with Crippen LogP contribution in [0, 0.1) is 0 Å². The highest BCUT2D eigenvalue weighted by atomic mass is 32.2. The van der Waals surface area contributed by atoms with Crippen molar-refractivity contribution in [3.05, 3.63) is 59.7 Å². The molecule has 0 aromatic heterocycles. The van der Waals surface area contributed by atoms with E-state index in [9.17, 15) is 27.6 Å². The van der Waals surface area contributed by atoms with Crippen molar-refractivity contribution in [1.82, 2.24) is 5.32 Å². The van der Waals surface area contributed by atoms with Crippen LogP contribution in [0.4, 0.5) is 18.0 Å². The highest BCUT2D eigenvalue weighted by molar-refractivity contribution is 8.15. The first-order chi connectivity index (χ1) is 13.7. The molecule has 0 aliphatic carbocycles. The smallest absolute Gasteiger partial charge is 0.485 e. The molecule has 1 N–H and O–H groups in total. The molecule has 0 spiro atoms. The largest absolute Gasteiger partial charge is 0.573 e. The van der Waals surface area contributed by atoms with E-state index in [4.69, 9.17) is 4.74 Å². The lowest BCUT2D eigenvalue weighted by atomic mass is 10.1. The summed E-state index contributed by atoms with van der Waals surface area (Å²) in [7, 11) is 0. The molecule has 1 fully saturated rings. The van der Waals surface area contributed by atoms with Gasteiger partial charge in [-0.05, 0) is 48.4 Å². The van der Waals surface area contributed by atoms with E-state index in [1.54, 1.807) is 24.3 Å². The topological polar surface area (TPSA) is 81.7 Å². The third-order valence-electron chi connectivity index (χ3n) is 3.89. The van der Waals surface area contributed by atoms with Crippen molar-refractivity contribution in [2.45, 2.75) is 18.0 Å². The second kappa shape index (κ2) is 8.56. The van der Waals surface area contributed by atoms with Gasteiger partial charge in [0.25, 0.3) is 5.24 Å². The summed E-state index contributed by atoms with van der Waals surface area (Å²) in [5.74, 6) is -0.733. The van der Waals surface area contributed by atoms with Crippen LogP contribution in [-0.4, -0.2) is 35.1 Å². The number of imide groups is 1. The Hall–Kier alpha value is -3.01. The predicted molar refractivity (Wildman–Crippen MR) is 98.0 cm³/mol. The zero-order chi connectivity index (χ0) is 21.0. The Kier molecular flexibility index (Phi) is 6.12. The number of Topliss-reactive ketones (excluding diaryl/α,β-unsaturated/α-hetero) is 1. The van der Waals surface area contributed by atoms with E-state index in [-0.39, 0.29) is 23.3 Å². The maximum Gasteiger partial charge on any atom is 0.573 e. The minimum absolute atomic E-state index is 0.185. The fraction of sp³-hybridized carbons (Fsp3) is 0.211. The lowest BCUT2D eigenvalue weighted by molar-refractivity contribution is -0.274. The Morgan fingerprint density at radius 3 is 2.17 bits per heavy atom. The van der Waals surface area contributed by atoms with Gasteiger partial charge in [0.05, 0.1) is 5.25 Å². The SMILES string of the molecule is O=C1NC(=O)C(Cc2ccc(OCC(=O)c3ccc(OC(F)(F)F)cc3)cc2)S1. The quantitative estimate of drug-likeness (QED) is 0.681. The van der Waals surface area contributed by atoms with Crippen molar-refractivity contribution < 1.29 is 37.0 Å². The van der Waals surface area contributed by atoms with Crippen LogP contribution >= 0.6 is 11.8 Å². The van der Waals surface area contributed by atoms with Crippen LogP contribution in [-0.2, 0) is 11.2 Å². The lowest BCUT2D eigenvalue weighted by Crippen LogP contribution is -2.25. The number of carbonyl (C=O) groups is 3. The molecule has 6 nitrogen and oxygen atoms in total. The number of ketones is 1. The van der Waals surface area contributed by atoms with Gasteiger partial charge in [0.2, 0.25) is 5.91 Å². The second-order valence-electron chi connectivity index (χ2n) is 6.02. The average Bonchev–Trinajstić information content (AvgIpc) is 2.97. The Balaban J connectivity index is 1.51. The first-order valence-corrected chi connectivity index (χ1v) is 9.20. The van der Waals surface area contributed by atoms with Crippen LogP contribution in [0.3, 0.4) is 0 Å². The summed E-state index contributed by atoms with van der Waals surface area (Å²) in [5, 5.41) is 1.38. The predicted octanol–water partition coefficient (Wildman–Crippen LogP) is 3.74. The van der Waals surface area contributed by atoms with E-state index >= 15 is 0 Å². The molecule has 1 aliphatic rings. The minimum atomic E-state index is -4.80. The summed E-state index contributed by atoms with van der Waals surface area (Å²) in [5.41, 5.74) is 1.01. The maximum absolute atomic E-state index is 12.1. The molecule has 0 radical (unpaired) electrons. The van der Waals surface area contributed by atoms with Gasteiger partial charge in [0.15, 0.2) is 12.4 Å². The first-order valence-electron chi connectivity index (χ1n) is 8.32. The van der Waals surface area contributed by atoms with E-state index in [2.05, 4.69) is 10.1 Å². The van der Waals surface area contributed by atoms with E-state index in [0.29, 0.717) is 12.2 Å². The summed E-state index contributed by atoms with van der Waals surface area (Å²) < 4.78 is 45.6. The molecule has 1 saturated heterocycles. The van der Waals surface area contributed by atoms with Crippen LogP contribution in [0.1, 0.15) is 15.9 Å². The molecule has 2 aromatic carbocycles. The number of rotatable bonds is 7. The number of carbonyl (C=O) groups excluding carboxylic acids is 3. The summed E-state index contributed by atoms with van der Waals surface area (Å²) in [6.07, 6.45) is -4.41. The van der Waals surface area contributed by atoms with Gasteiger partial charge in [0, 0.05) is 5.56 Å². The zero-order valence-electron chi connectivity index (χ0n) is 14.7. The number of thioether (sulfide) groups is 1. The Bertz CT molecular complexity index is 913. The molecule has 0 bridgehead atoms. The first kappa shape index (κ1) is 20.7. The number of hydrogen-bond acceptors (Lipinski definition) is 6. The second-order valence-corrected chi connectivity index (χ2v) is 7.19. The Morgan fingerprint density at radius 2 is 1.62 bits per heavy atom. The average molecular weight is 425 g/mol. The van der Waals surface area contributed by atoms with Gasteiger partial charge >= 0.3 is 6.36 Å². The van der Waals surface area contributed by atoms with Crippen LogP contribution in [0.15, 0.2) is 48.5 Å². The molecule has 3 rings (SSSR count). The molecule has 1 aliphatic heterocycles. The van der Waals surface area contributed by atoms with Crippen LogP contribution in [0.25, 0.3) is 0 Å². The molecule has 2 amide bonds. The van der Waals surface area contributed by atoms with Gasteiger partial charge in [0.1, 0.15) is 11.5 Å². The number of amides is 2. The fourth-order valence-corrected chi connectivity index (χ4v) is 3.40. The summed E-state index contributed by atoms with van der Waals surface area (Å²) in [6, 6.07) is 11.3. The molecule has 29 heavy (non-hydrogen) atoms. The van der Waals surface area contributed by atoms with E-state index in [1.165, 1.54) is 12.1 Å². The number of alkyl halides is 3. The highest BCUT2D eigenvalue weighted by Crippen LogP contribution is 2.25. The monoisotopic (exact) mass is 425 g/mol. The molecular weight excluding hydrogens is 411 g/mol. The molecular formula is C19H14F3NO5S.